The molecule has 3 aromatic rings. The molecule has 0 bridgehead atoms. The lowest BCUT2D eigenvalue weighted by atomic mass is 9.73. The molecule has 216 valence electrons. The minimum atomic E-state index is -4.73. The van der Waals surface area contributed by atoms with Gasteiger partial charge in [-0.1, -0.05) is 44.2 Å². The van der Waals surface area contributed by atoms with E-state index in [0.29, 0.717) is 50.5 Å². The van der Waals surface area contributed by atoms with Gasteiger partial charge in [0.2, 0.25) is 0 Å². The van der Waals surface area contributed by atoms with Gasteiger partial charge in [-0.3, -0.25) is 4.79 Å². The predicted octanol–water partition coefficient (Wildman–Crippen LogP) is 5.95. The molecule has 11 heteroatoms. The summed E-state index contributed by atoms with van der Waals surface area (Å²) in [6.45, 7) is 5.39. The van der Waals surface area contributed by atoms with Crippen LogP contribution in [0.5, 0.6) is 11.8 Å². The van der Waals surface area contributed by atoms with E-state index in [-0.39, 0.29) is 17.7 Å². The second-order valence-corrected chi connectivity index (χ2v) is 8.76. The van der Waals surface area contributed by atoms with Gasteiger partial charge in [-0.25, -0.2) is 0 Å². The van der Waals surface area contributed by atoms with Gasteiger partial charge in [-0.05, 0) is 48.6 Å². The second-order valence-electron chi connectivity index (χ2n) is 8.76. The van der Waals surface area contributed by atoms with Crippen molar-refractivity contribution in [2.45, 2.75) is 44.9 Å². The SMILES string of the molecule is CC.COC(=O)C1(c2cccc(-c3cc(NCCc4ccc(OC(F)(F)F)cc4)nc(OC)n3)c2)CCOCC1. The maximum Gasteiger partial charge on any atom is 0.573 e. The zero-order chi connectivity index (χ0) is 29.2. The minimum Gasteiger partial charge on any atom is -0.468 e. The third kappa shape index (κ3) is 7.84. The summed E-state index contributed by atoms with van der Waals surface area (Å²) in [6, 6.07) is 15.3. The van der Waals surface area contributed by atoms with Gasteiger partial charge in [-0.2, -0.15) is 9.97 Å². The van der Waals surface area contributed by atoms with E-state index >= 15 is 0 Å². The number of carbonyl (C=O) groups is 1. The van der Waals surface area contributed by atoms with Crippen molar-refractivity contribution in [1.82, 2.24) is 9.97 Å². The number of benzene rings is 2. The topological polar surface area (TPSA) is 91.8 Å². The van der Waals surface area contributed by atoms with Crippen LogP contribution in [-0.2, 0) is 26.1 Å². The van der Waals surface area contributed by atoms with E-state index < -0.39 is 11.8 Å². The van der Waals surface area contributed by atoms with E-state index in [9.17, 15) is 18.0 Å². The van der Waals surface area contributed by atoms with E-state index in [1.165, 1.54) is 26.4 Å². The van der Waals surface area contributed by atoms with Crippen molar-refractivity contribution in [3.63, 3.8) is 0 Å². The average molecular weight is 562 g/mol. The number of esters is 1. The van der Waals surface area contributed by atoms with E-state index in [4.69, 9.17) is 14.2 Å². The smallest absolute Gasteiger partial charge is 0.468 e. The van der Waals surface area contributed by atoms with Gasteiger partial charge in [0, 0.05) is 31.4 Å². The number of rotatable bonds is 9. The van der Waals surface area contributed by atoms with Crippen molar-refractivity contribution in [2.75, 3.05) is 39.3 Å². The summed E-state index contributed by atoms with van der Waals surface area (Å²) < 4.78 is 56.9. The summed E-state index contributed by atoms with van der Waals surface area (Å²) in [5.41, 5.74) is 2.24. The molecule has 1 aromatic heterocycles. The van der Waals surface area contributed by atoms with Crippen molar-refractivity contribution in [3.8, 4) is 23.0 Å². The molecule has 0 aliphatic carbocycles. The molecule has 0 unspecified atom stereocenters. The number of hydrogen-bond donors (Lipinski definition) is 1. The van der Waals surface area contributed by atoms with Crippen LogP contribution in [0, 0.1) is 0 Å². The van der Waals surface area contributed by atoms with Crippen LogP contribution in [0.4, 0.5) is 19.0 Å². The molecule has 2 aromatic carbocycles. The standard InChI is InChI=1S/C27H28F3N3O5.C2H6/c1-35-24(34)26(11-14-37-15-12-26)20-5-3-4-19(16-20)22-17-23(33-25(32-22)36-2)31-13-10-18-6-8-21(9-7-18)38-27(28,29)30;1-2/h3-9,16-17H,10-15H2,1-2H3,(H,31,32,33);1-2H3. The van der Waals surface area contributed by atoms with Crippen LogP contribution in [0.25, 0.3) is 11.3 Å². The average Bonchev–Trinajstić information content (AvgIpc) is 2.98. The summed E-state index contributed by atoms with van der Waals surface area (Å²) in [6.07, 6.45) is -3.15. The first-order chi connectivity index (χ1) is 19.2. The fourth-order valence-corrected chi connectivity index (χ4v) is 4.45. The number of alkyl halides is 3. The Labute approximate surface area is 231 Å². The summed E-state index contributed by atoms with van der Waals surface area (Å²) in [4.78, 5) is 21.6. The highest BCUT2D eigenvalue weighted by Crippen LogP contribution is 2.38. The summed E-state index contributed by atoms with van der Waals surface area (Å²) in [5.74, 6) is -0.0436. The molecule has 0 atom stereocenters. The molecular weight excluding hydrogens is 527 g/mol. The molecule has 2 heterocycles. The van der Waals surface area contributed by atoms with E-state index in [0.717, 1.165) is 16.7 Å². The monoisotopic (exact) mass is 561 g/mol. The number of halogens is 3. The largest absolute Gasteiger partial charge is 0.573 e. The molecule has 40 heavy (non-hydrogen) atoms. The number of nitrogens with one attached hydrogen (secondary N) is 1. The number of hydrogen-bond acceptors (Lipinski definition) is 8. The van der Waals surface area contributed by atoms with Crippen molar-refractivity contribution < 1.29 is 36.9 Å². The van der Waals surface area contributed by atoms with Gasteiger partial charge in [0.05, 0.1) is 25.3 Å². The Bertz CT molecular complexity index is 1250. The lowest BCUT2D eigenvalue weighted by Gasteiger charge is -2.35. The molecule has 0 saturated carbocycles. The summed E-state index contributed by atoms with van der Waals surface area (Å²) in [5, 5.41) is 3.21. The Morgan fingerprint density at radius 2 is 1.73 bits per heavy atom. The van der Waals surface area contributed by atoms with Gasteiger partial charge in [0.15, 0.2) is 0 Å². The van der Waals surface area contributed by atoms with Gasteiger partial charge in [0.25, 0.3) is 0 Å². The maximum absolute atomic E-state index is 12.8. The van der Waals surface area contributed by atoms with Crippen LogP contribution < -0.4 is 14.8 Å². The van der Waals surface area contributed by atoms with Gasteiger partial charge in [0.1, 0.15) is 11.6 Å². The van der Waals surface area contributed by atoms with Crippen molar-refractivity contribution in [2.24, 2.45) is 0 Å². The molecule has 1 aliphatic rings. The number of aromatic nitrogens is 2. The zero-order valence-corrected chi connectivity index (χ0v) is 23.0. The Morgan fingerprint density at radius 1 is 1.02 bits per heavy atom. The molecule has 1 aliphatic heterocycles. The lowest BCUT2D eigenvalue weighted by molar-refractivity contribution is -0.274. The molecular formula is C29H34F3N3O5. The maximum atomic E-state index is 12.8. The molecule has 4 rings (SSSR count). The second kappa shape index (κ2) is 14.0. The van der Waals surface area contributed by atoms with Crippen LogP contribution in [0.15, 0.2) is 54.6 Å². The molecule has 1 fully saturated rings. The van der Waals surface area contributed by atoms with Gasteiger partial charge in [-0.15, -0.1) is 13.2 Å². The number of methoxy groups -OCH3 is 2. The fourth-order valence-electron chi connectivity index (χ4n) is 4.45. The van der Waals surface area contributed by atoms with Crippen LogP contribution in [0.2, 0.25) is 0 Å². The highest BCUT2D eigenvalue weighted by molar-refractivity contribution is 5.84. The first kappa shape index (κ1) is 30.7. The number of ether oxygens (including phenoxy) is 4. The zero-order valence-electron chi connectivity index (χ0n) is 23.0. The number of anilines is 1. The summed E-state index contributed by atoms with van der Waals surface area (Å²) in [7, 11) is 2.86. The highest BCUT2D eigenvalue weighted by atomic mass is 19.4. The normalized spacial score (nSPS) is 14.4. The molecule has 0 radical (unpaired) electrons. The minimum absolute atomic E-state index is 0.165. The van der Waals surface area contributed by atoms with E-state index in [1.54, 1.807) is 18.2 Å². The quantitative estimate of drug-likeness (QED) is 0.321. The lowest BCUT2D eigenvalue weighted by Crippen LogP contribution is -2.42. The van der Waals surface area contributed by atoms with Crippen molar-refractivity contribution in [3.05, 3.63) is 65.7 Å². The summed E-state index contributed by atoms with van der Waals surface area (Å²) >= 11 is 0. The van der Waals surface area contributed by atoms with E-state index in [1.807, 2.05) is 38.1 Å². The van der Waals surface area contributed by atoms with Crippen LogP contribution in [0.3, 0.4) is 0 Å². The molecule has 1 saturated heterocycles. The van der Waals surface area contributed by atoms with Crippen LogP contribution in [-0.4, -0.2) is 56.3 Å². The Morgan fingerprint density at radius 3 is 2.35 bits per heavy atom. The van der Waals surface area contributed by atoms with Crippen molar-refractivity contribution in [1.29, 1.82) is 0 Å². The third-order valence-corrected chi connectivity index (χ3v) is 6.40. The third-order valence-electron chi connectivity index (χ3n) is 6.40. The first-order valence-electron chi connectivity index (χ1n) is 13.0. The number of carbonyl (C=O) groups excluding carboxylic acids is 1. The molecule has 1 N–H and O–H groups in total. The van der Waals surface area contributed by atoms with Crippen molar-refractivity contribution >= 4 is 11.8 Å². The van der Waals surface area contributed by atoms with Gasteiger partial charge < -0.3 is 24.3 Å². The van der Waals surface area contributed by atoms with Crippen LogP contribution >= 0.6 is 0 Å². The molecule has 8 nitrogen and oxygen atoms in total. The first-order valence-corrected chi connectivity index (χ1v) is 13.0. The molecule has 0 amide bonds. The van der Waals surface area contributed by atoms with Crippen LogP contribution in [0.1, 0.15) is 37.8 Å². The fraction of sp³-hybridized carbons (Fsp3) is 0.414. The predicted molar refractivity (Wildman–Crippen MR) is 144 cm³/mol. The Kier molecular flexibility index (Phi) is 10.7. The van der Waals surface area contributed by atoms with Gasteiger partial charge >= 0.3 is 18.3 Å². The molecule has 0 spiro atoms. The number of nitrogens with zero attached hydrogens (tertiary/aromatic N) is 2. The Balaban J connectivity index is 0.00000216. The highest BCUT2D eigenvalue weighted by Gasteiger charge is 2.43. The van der Waals surface area contributed by atoms with E-state index in [2.05, 4.69) is 20.0 Å². The Hall–Kier alpha value is -3.86.